The van der Waals surface area contributed by atoms with Crippen molar-refractivity contribution in [3.8, 4) is 5.69 Å². The number of amides is 2. The molecule has 2 aromatic heterocycles. The average molecular weight is 508 g/mol. The lowest BCUT2D eigenvalue weighted by atomic mass is 9.78. The molecule has 2 aromatic carbocycles. The van der Waals surface area contributed by atoms with Gasteiger partial charge in [0.05, 0.1) is 35.5 Å². The van der Waals surface area contributed by atoms with Crippen LogP contribution in [0, 0.1) is 11.7 Å². The van der Waals surface area contributed by atoms with E-state index in [9.17, 15) is 9.18 Å². The normalized spacial score (nSPS) is 19.0. The van der Waals surface area contributed by atoms with E-state index >= 15 is 0 Å². The zero-order chi connectivity index (χ0) is 26.1. The molecular formula is C31H30FN5O. The number of halogens is 1. The van der Waals surface area contributed by atoms with Crippen LogP contribution in [0.1, 0.15) is 55.0 Å². The molecule has 2 aliphatic carbocycles. The molecule has 38 heavy (non-hydrogen) atoms. The van der Waals surface area contributed by atoms with Crippen LogP contribution in [0.5, 0.6) is 0 Å². The van der Waals surface area contributed by atoms with Gasteiger partial charge in [-0.05, 0) is 67.1 Å². The molecule has 0 saturated carbocycles. The van der Waals surface area contributed by atoms with E-state index in [4.69, 9.17) is 0 Å². The van der Waals surface area contributed by atoms with Crippen LogP contribution in [-0.4, -0.2) is 20.8 Å². The predicted molar refractivity (Wildman–Crippen MR) is 146 cm³/mol. The quantitative estimate of drug-likeness (QED) is 0.284. The summed E-state index contributed by atoms with van der Waals surface area (Å²) >= 11 is 0. The van der Waals surface area contributed by atoms with E-state index in [2.05, 4.69) is 39.8 Å². The zero-order valence-electron chi connectivity index (χ0n) is 21.3. The summed E-state index contributed by atoms with van der Waals surface area (Å²) in [4.78, 5) is 17.0. The molecule has 192 valence electrons. The first-order valence-corrected chi connectivity index (χ1v) is 13.1. The Morgan fingerprint density at radius 2 is 1.89 bits per heavy atom. The van der Waals surface area contributed by atoms with Crippen molar-refractivity contribution in [2.75, 3.05) is 5.32 Å². The minimum Gasteiger partial charge on any atom is -0.331 e. The molecule has 2 heterocycles. The van der Waals surface area contributed by atoms with Crippen molar-refractivity contribution in [3.05, 3.63) is 119 Å². The van der Waals surface area contributed by atoms with Gasteiger partial charge in [-0.1, -0.05) is 48.4 Å². The summed E-state index contributed by atoms with van der Waals surface area (Å²) in [5, 5.41) is 10.8. The monoisotopic (exact) mass is 507 g/mol. The predicted octanol–water partition coefficient (Wildman–Crippen LogP) is 6.73. The van der Waals surface area contributed by atoms with Gasteiger partial charge < -0.3 is 10.6 Å². The van der Waals surface area contributed by atoms with E-state index in [1.54, 1.807) is 30.6 Å². The highest BCUT2D eigenvalue weighted by Gasteiger charge is 2.37. The van der Waals surface area contributed by atoms with Crippen molar-refractivity contribution in [2.24, 2.45) is 5.92 Å². The Bertz CT molecular complexity index is 1460. The number of aromatic nitrogens is 3. The van der Waals surface area contributed by atoms with E-state index in [1.165, 1.54) is 34.5 Å². The fourth-order valence-electron chi connectivity index (χ4n) is 6.14. The van der Waals surface area contributed by atoms with Gasteiger partial charge in [-0.3, -0.25) is 4.98 Å². The number of allylic oxidation sites excluding steroid dienone is 2. The van der Waals surface area contributed by atoms with Crippen LogP contribution in [0.15, 0.2) is 96.5 Å². The van der Waals surface area contributed by atoms with E-state index in [1.807, 2.05) is 35.1 Å². The lowest BCUT2D eigenvalue weighted by molar-refractivity contribution is 0.246. The van der Waals surface area contributed by atoms with Gasteiger partial charge in [-0.2, -0.15) is 5.10 Å². The largest absolute Gasteiger partial charge is 0.331 e. The third kappa shape index (κ3) is 4.72. The summed E-state index contributed by atoms with van der Waals surface area (Å²) in [5.74, 6) is 0.366. The smallest absolute Gasteiger partial charge is 0.319 e. The molecule has 0 radical (unpaired) electrons. The lowest BCUT2D eigenvalue weighted by Crippen LogP contribution is -2.34. The maximum Gasteiger partial charge on any atom is 0.319 e. The fraction of sp³-hybridized carbons (Fsp3) is 0.258. The summed E-state index contributed by atoms with van der Waals surface area (Å²) in [6.07, 6.45) is 9.08. The van der Waals surface area contributed by atoms with E-state index in [-0.39, 0.29) is 23.8 Å². The molecule has 0 bridgehead atoms. The maximum absolute atomic E-state index is 13.5. The molecule has 3 atom stereocenters. The molecule has 2 N–H and O–H groups in total. The number of urea groups is 1. The molecule has 2 amide bonds. The van der Waals surface area contributed by atoms with Gasteiger partial charge in [0.25, 0.3) is 0 Å². The van der Waals surface area contributed by atoms with Crippen LogP contribution in [0.3, 0.4) is 0 Å². The molecule has 0 aliphatic heterocycles. The number of rotatable bonds is 6. The van der Waals surface area contributed by atoms with Gasteiger partial charge in [0.2, 0.25) is 0 Å². The summed E-state index contributed by atoms with van der Waals surface area (Å²) in [6.45, 7) is 2.27. The summed E-state index contributed by atoms with van der Waals surface area (Å²) in [6, 6.07) is 20.0. The second-order valence-corrected chi connectivity index (χ2v) is 10.2. The van der Waals surface area contributed by atoms with Gasteiger partial charge in [0.1, 0.15) is 5.82 Å². The van der Waals surface area contributed by atoms with E-state index in [0.29, 0.717) is 11.6 Å². The highest BCUT2D eigenvalue weighted by Crippen LogP contribution is 2.49. The number of fused-ring (bicyclic) bond motifs is 1. The van der Waals surface area contributed by atoms with Crippen LogP contribution in [0.25, 0.3) is 5.69 Å². The van der Waals surface area contributed by atoms with Crippen LogP contribution in [-0.2, 0) is 6.42 Å². The molecule has 0 spiro atoms. The first-order chi connectivity index (χ1) is 18.6. The molecular weight excluding hydrogens is 477 g/mol. The molecule has 4 aromatic rings. The zero-order valence-corrected chi connectivity index (χ0v) is 21.3. The second-order valence-electron chi connectivity index (χ2n) is 10.2. The number of anilines is 1. The number of nitrogens with zero attached hydrogens (tertiary/aromatic N) is 3. The van der Waals surface area contributed by atoms with Crippen molar-refractivity contribution < 1.29 is 9.18 Å². The van der Waals surface area contributed by atoms with Crippen molar-refractivity contribution in [3.63, 3.8) is 0 Å². The summed E-state index contributed by atoms with van der Waals surface area (Å²) in [7, 11) is 0. The van der Waals surface area contributed by atoms with Crippen LogP contribution >= 0.6 is 0 Å². The Morgan fingerprint density at radius 3 is 2.66 bits per heavy atom. The standard InChI is InChI=1S/C31H30FN5O/c1-20-27-19-34-37(26-13-11-24(32)12-14-26)29(27)17-23-10-9-22(30(20)23)16-28(21-6-3-2-4-7-21)36-31(38)35-25-8-5-15-33-18-25/h2-8,11-15,18-20,22,28H,9-10,16-17H2,1H3,(H2,35,36,38)/t20-,22+,28?/m0/s1. The number of hydrogen-bond acceptors (Lipinski definition) is 3. The Labute approximate surface area is 221 Å². The number of carbonyl (C=O) groups is 1. The highest BCUT2D eigenvalue weighted by atomic mass is 19.1. The van der Waals surface area contributed by atoms with Crippen LogP contribution in [0.2, 0.25) is 0 Å². The minimum absolute atomic E-state index is 0.125. The molecule has 6 nitrogen and oxygen atoms in total. The second kappa shape index (κ2) is 10.2. The number of hydrogen-bond donors (Lipinski definition) is 2. The molecule has 0 fully saturated rings. The number of nitrogens with one attached hydrogen (secondary N) is 2. The van der Waals surface area contributed by atoms with E-state index < -0.39 is 0 Å². The maximum atomic E-state index is 13.5. The van der Waals surface area contributed by atoms with Gasteiger partial charge in [0.15, 0.2) is 0 Å². The van der Waals surface area contributed by atoms with Crippen molar-refractivity contribution >= 4 is 11.7 Å². The highest BCUT2D eigenvalue weighted by molar-refractivity contribution is 5.89. The SMILES string of the molecule is C[C@@H]1C2=C(CC[C@@H]2CC(NC(=O)Nc2cccnc2)c2ccccc2)Cc2c1cnn2-c1ccc(F)cc1. The van der Waals surface area contributed by atoms with Gasteiger partial charge in [-0.15, -0.1) is 0 Å². The third-order valence-electron chi connectivity index (χ3n) is 7.88. The molecule has 0 saturated heterocycles. The average Bonchev–Trinajstić information content (AvgIpc) is 3.55. The Balaban J connectivity index is 1.23. The van der Waals surface area contributed by atoms with E-state index in [0.717, 1.165) is 36.9 Å². The third-order valence-corrected chi connectivity index (χ3v) is 7.88. The summed E-state index contributed by atoms with van der Waals surface area (Å²) in [5.41, 5.74) is 8.03. The first kappa shape index (κ1) is 24.1. The Morgan fingerprint density at radius 1 is 1.08 bits per heavy atom. The lowest BCUT2D eigenvalue weighted by Gasteiger charge is -2.30. The topological polar surface area (TPSA) is 71.8 Å². The fourth-order valence-corrected chi connectivity index (χ4v) is 6.14. The molecule has 6 rings (SSSR count). The van der Waals surface area contributed by atoms with Gasteiger partial charge in [0, 0.05) is 24.1 Å². The van der Waals surface area contributed by atoms with Crippen LogP contribution in [0.4, 0.5) is 14.9 Å². The molecule has 7 heteroatoms. The number of benzene rings is 2. The van der Waals surface area contributed by atoms with Gasteiger partial charge >= 0.3 is 6.03 Å². The molecule has 1 unspecified atom stereocenters. The first-order valence-electron chi connectivity index (χ1n) is 13.1. The van der Waals surface area contributed by atoms with Crippen molar-refractivity contribution in [1.29, 1.82) is 0 Å². The molecule has 2 aliphatic rings. The number of pyridine rings is 1. The minimum atomic E-state index is -0.248. The van der Waals surface area contributed by atoms with Crippen molar-refractivity contribution in [1.82, 2.24) is 20.1 Å². The summed E-state index contributed by atoms with van der Waals surface area (Å²) < 4.78 is 15.5. The van der Waals surface area contributed by atoms with Crippen molar-refractivity contribution in [2.45, 2.75) is 44.6 Å². The van der Waals surface area contributed by atoms with Gasteiger partial charge in [-0.25, -0.2) is 13.9 Å². The van der Waals surface area contributed by atoms with Crippen LogP contribution < -0.4 is 10.6 Å². The number of carbonyl (C=O) groups excluding carboxylic acids is 1. The Kier molecular flexibility index (Phi) is 6.50. The Hall–Kier alpha value is -4.26.